The van der Waals surface area contributed by atoms with E-state index in [4.69, 9.17) is 9.47 Å². The van der Waals surface area contributed by atoms with Crippen molar-refractivity contribution in [2.45, 2.75) is 90.1 Å². The van der Waals surface area contributed by atoms with E-state index in [1.54, 1.807) is 30.3 Å². The summed E-state index contributed by atoms with van der Waals surface area (Å²) in [5.74, 6) is -4.28. The number of methoxy groups -OCH3 is 2. The van der Waals surface area contributed by atoms with Crippen LogP contribution < -0.4 is 24.0 Å². The van der Waals surface area contributed by atoms with Crippen molar-refractivity contribution in [2.75, 3.05) is 84.3 Å². The molecule has 16 heteroatoms. The molecule has 1 N–H and O–H groups in total. The topological polar surface area (TPSA) is 103 Å². The molecule has 2 aliphatic rings. The zero-order valence-electron chi connectivity index (χ0n) is 38.5. The minimum absolute atomic E-state index is 0.0522. The second-order valence-corrected chi connectivity index (χ2v) is 16.7. The fourth-order valence-electron chi connectivity index (χ4n) is 6.33. The van der Waals surface area contributed by atoms with E-state index < -0.39 is 32.5 Å². The van der Waals surface area contributed by atoms with E-state index in [1.807, 2.05) is 38.8 Å². The molecule has 1 unspecified atom stereocenters. The van der Waals surface area contributed by atoms with Gasteiger partial charge in [0.2, 0.25) is 0 Å². The van der Waals surface area contributed by atoms with E-state index in [9.17, 15) is 17.2 Å². The van der Waals surface area contributed by atoms with Crippen LogP contribution in [-0.2, 0) is 28.9 Å². The molecule has 2 aliphatic heterocycles. The van der Waals surface area contributed by atoms with Crippen molar-refractivity contribution in [1.29, 1.82) is 0 Å². The third kappa shape index (κ3) is 16.6. The number of piperidine rings is 1. The molecular formula is C46H69F4N7O4S. The molecular weight excluding hydrogens is 823 g/mol. The van der Waals surface area contributed by atoms with Crippen LogP contribution in [0.5, 0.6) is 11.5 Å². The SMILES string of the molecule is CC.CCN(C)C.CCc1cccc(C(C)(F)F)c1.CN1CCCC1.CNC1CCCN(c2cc(F)c(S(=O)(=O)N(Cc3ccc(OC)cc3OC)c3ccncn3)c(F)c2)C1. The molecule has 6 rings (SSSR count). The molecule has 3 heterocycles. The summed E-state index contributed by atoms with van der Waals surface area (Å²) >= 11 is 0. The van der Waals surface area contributed by atoms with Crippen molar-refractivity contribution < 1.29 is 35.5 Å². The summed E-state index contributed by atoms with van der Waals surface area (Å²) in [7, 11) is 6.30. The Labute approximate surface area is 368 Å². The van der Waals surface area contributed by atoms with E-state index in [0.717, 1.165) is 61.1 Å². The molecule has 1 atom stereocenters. The molecule has 0 bridgehead atoms. The summed E-state index contributed by atoms with van der Waals surface area (Å²) < 4.78 is 95.4. The van der Waals surface area contributed by atoms with Gasteiger partial charge < -0.3 is 29.5 Å². The van der Waals surface area contributed by atoms with Gasteiger partial charge in [0, 0.05) is 61.2 Å². The number of nitrogens with one attached hydrogen (secondary N) is 1. The monoisotopic (exact) mass is 892 g/mol. The third-order valence-electron chi connectivity index (χ3n) is 10.2. The second-order valence-electron chi connectivity index (χ2n) is 14.9. The van der Waals surface area contributed by atoms with Gasteiger partial charge in [-0.3, -0.25) is 0 Å². The number of sulfonamides is 1. The van der Waals surface area contributed by atoms with Crippen LogP contribution in [0.3, 0.4) is 0 Å². The van der Waals surface area contributed by atoms with Crippen molar-refractivity contribution in [3.05, 3.63) is 102 Å². The number of anilines is 2. The average Bonchev–Trinajstić information content (AvgIpc) is 3.77. The maximum absolute atomic E-state index is 15.4. The second kappa shape index (κ2) is 26.8. The number of alkyl halides is 2. The number of nitrogens with zero attached hydrogens (tertiary/aromatic N) is 6. The van der Waals surface area contributed by atoms with Crippen molar-refractivity contribution in [3.63, 3.8) is 0 Å². The molecule has 0 saturated carbocycles. The Morgan fingerprint density at radius 2 is 1.56 bits per heavy atom. The highest BCUT2D eigenvalue weighted by Gasteiger charge is 2.34. The number of rotatable bonds is 12. The largest absolute Gasteiger partial charge is 0.497 e. The van der Waals surface area contributed by atoms with Crippen molar-refractivity contribution in [1.82, 2.24) is 25.1 Å². The van der Waals surface area contributed by atoms with Crippen LogP contribution in [0.2, 0.25) is 0 Å². The number of hydrogen-bond acceptors (Lipinski definition) is 10. The molecule has 2 saturated heterocycles. The van der Waals surface area contributed by atoms with Gasteiger partial charge in [-0.25, -0.2) is 40.3 Å². The van der Waals surface area contributed by atoms with E-state index in [0.29, 0.717) is 35.8 Å². The summed E-state index contributed by atoms with van der Waals surface area (Å²) in [6.07, 6.45) is 7.93. The van der Waals surface area contributed by atoms with Gasteiger partial charge in [-0.15, -0.1) is 0 Å². The van der Waals surface area contributed by atoms with Crippen LogP contribution in [0.25, 0.3) is 0 Å². The Kier molecular flexibility index (Phi) is 23.2. The lowest BCUT2D eigenvalue weighted by atomic mass is 10.1. The van der Waals surface area contributed by atoms with Crippen molar-refractivity contribution in [3.8, 4) is 11.5 Å². The average molecular weight is 892 g/mol. The van der Waals surface area contributed by atoms with E-state index in [2.05, 4.69) is 53.2 Å². The molecule has 11 nitrogen and oxygen atoms in total. The van der Waals surface area contributed by atoms with Crippen molar-refractivity contribution >= 4 is 21.5 Å². The maximum Gasteiger partial charge on any atom is 0.271 e. The first-order valence-corrected chi connectivity index (χ1v) is 22.6. The molecule has 0 amide bonds. The molecule has 2 fully saturated rings. The van der Waals surface area contributed by atoms with Gasteiger partial charge in [0.15, 0.2) is 4.90 Å². The van der Waals surface area contributed by atoms with E-state index in [1.165, 1.54) is 58.5 Å². The number of halogens is 4. The molecule has 0 aliphatic carbocycles. The Morgan fingerprint density at radius 3 is 2.05 bits per heavy atom. The lowest BCUT2D eigenvalue weighted by Gasteiger charge is -2.34. The smallest absolute Gasteiger partial charge is 0.271 e. The number of benzene rings is 3. The highest BCUT2D eigenvalue weighted by atomic mass is 32.2. The Bertz CT molecular complexity index is 1980. The quantitative estimate of drug-likeness (QED) is 0.139. The number of aromatic nitrogens is 2. The third-order valence-corrected chi connectivity index (χ3v) is 12.0. The van der Waals surface area contributed by atoms with Crippen LogP contribution in [0, 0.1) is 11.6 Å². The zero-order valence-corrected chi connectivity index (χ0v) is 39.3. The number of hydrogen-bond donors (Lipinski definition) is 1. The molecule has 3 aromatic carbocycles. The Balaban J connectivity index is 0.000000427. The van der Waals surface area contributed by atoms with Gasteiger partial charge in [-0.05, 0) is 116 Å². The van der Waals surface area contributed by atoms with Crippen LogP contribution in [0.15, 0.2) is 78.1 Å². The fraction of sp³-hybridized carbons (Fsp3) is 0.522. The van der Waals surface area contributed by atoms with Gasteiger partial charge >= 0.3 is 0 Å². The van der Waals surface area contributed by atoms with Gasteiger partial charge in [0.1, 0.15) is 35.3 Å². The minimum Gasteiger partial charge on any atom is -0.497 e. The zero-order chi connectivity index (χ0) is 46.5. The van der Waals surface area contributed by atoms with E-state index >= 15 is 8.78 Å². The van der Waals surface area contributed by atoms with Gasteiger partial charge in [-0.2, -0.15) is 0 Å². The predicted octanol–water partition coefficient (Wildman–Crippen LogP) is 9.02. The highest BCUT2D eigenvalue weighted by Crippen LogP contribution is 2.34. The molecule has 346 valence electrons. The van der Waals surface area contributed by atoms with Crippen LogP contribution in [-0.4, -0.2) is 109 Å². The summed E-state index contributed by atoms with van der Waals surface area (Å²) in [6, 6.07) is 15.0. The molecule has 0 radical (unpaired) electrons. The van der Waals surface area contributed by atoms with Gasteiger partial charge in [0.05, 0.1) is 20.8 Å². The number of likely N-dealkylation sites (N-methyl/N-ethyl adjacent to an activating group) is 1. The number of ether oxygens (including phenoxy) is 2. The fourth-order valence-corrected chi connectivity index (χ4v) is 7.82. The van der Waals surface area contributed by atoms with Crippen molar-refractivity contribution in [2.24, 2.45) is 0 Å². The van der Waals surface area contributed by atoms with E-state index in [-0.39, 0.29) is 24.0 Å². The number of aryl methyl sites for hydroxylation is 1. The van der Waals surface area contributed by atoms with Crippen LogP contribution >= 0.6 is 0 Å². The molecule has 4 aromatic rings. The van der Waals surface area contributed by atoms with Crippen LogP contribution in [0.1, 0.15) is 77.0 Å². The minimum atomic E-state index is -4.74. The number of likely N-dealkylation sites (tertiary alicyclic amines) is 1. The summed E-state index contributed by atoms with van der Waals surface area (Å²) in [4.78, 5) is 13.1. The lowest BCUT2D eigenvalue weighted by Crippen LogP contribution is -2.44. The first kappa shape index (κ1) is 53.6. The molecule has 0 spiro atoms. The summed E-state index contributed by atoms with van der Waals surface area (Å²) in [5, 5.41) is 3.18. The van der Waals surface area contributed by atoms with Gasteiger partial charge in [0.25, 0.3) is 15.9 Å². The van der Waals surface area contributed by atoms with Gasteiger partial charge in [-0.1, -0.05) is 45.9 Å². The summed E-state index contributed by atoms with van der Waals surface area (Å²) in [6.45, 7) is 13.6. The first-order chi connectivity index (χ1) is 29.5. The molecule has 1 aromatic heterocycles. The predicted molar refractivity (Wildman–Crippen MR) is 243 cm³/mol. The molecule has 62 heavy (non-hydrogen) atoms. The Hall–Kier alpha value is -4.51. The normalized spacial score (nSPS) is 15.1. The highest BCUT2D eigenvalue weighted by molar-refractivity contribution is 7.92. The Morgan fingerprint density at radius 1 is 0.919 bits per heavy atom. The first-order valence-electron chi connectivity index (χ1n) is 21.2. The lowest BCUT2D eigenvalue weighted by molar-refractivity contribution is 0.0174. The maximum atomic E-state index is 15.4. The van der Waals surface area contributed by atoms with Crippen LogP contribution in [0.4, 0.5) is 29.1 Å². The standard InChI is InChI=1S/C25H29F2N5O4S.C10H12F2.C5H11N.C4H11N.C2H6/c1-28-18-5-4-10-31(15-18)19-11-21(26)25(22(27)12-19)37(33,34)32(24-8-9-29-16-30-24)14-17-6-7-20(35-2)13-23(17)36-3;1-3-8-5-4-6-9(7-8)10(2,11)12;1-6-4-2-3-5-6;1-4-5(2)3;1-2/h6-9,11-13,16,18,28H,4-5,10,14-15H2,1-3H3;4-7H,3H2,1-2H3;2-5H2,1H3;4H2,1-3H3;1-2H3. The summed E-state index contributed by atoms with van der Waals surface area (Å²) in [5.41, 5.74) is 1.78.